The number of nitrogens with zero attached hydrogens (tertiary/aromatic N) is 2. The smallest absolute Gasteiger partial charge is 0.225 e. The summed E-state index contributed by atoms with van der Waals surface area (Å²) in [5.74, 6) is 1.19. The van der Waals surface area contributed by atoms with E-state index in [-0.39, 0.29) is 11.9 Å². The Morgan fingerprint density at radius 1 is 1.05 bits per heavy atom. The van der Waals surface area contributed by atoms with Gasteiger partial charge in [-0.25, -0.2) is 9.37 Å². The second-order valence-corrected chi connectivity index (χ2v) is 5.59. The first-order valence-corrected chi connectivity index (χ1v) is 7.25. The molecule has 0 aliphatic heterocycles. The van der Waals surface area contributed by atoms with Crippen LogP contribution in [0.4, 0.5) is 16.2 Å². The van der Waals surface area contributed by atoms with Crippen molar-refractivity contribution in [1.29, 1.82) is 0 Å². The average Bonchev–Trinajstić information content (AvgIpc) is 3.27. The Hall–Kier alpha value is -2.69. The quantitative estimate of drug-likeness (QED) is 0.778. The van der Waals surface area contributed by atoms with Crippen LogP contribution in [-0.2, 0) is 0 Å². The van der Waals surface area contributed by atoms with Crippen molar-refractivity contribution in [3.63, 3.8) is 0 Å². The molecule has 110 valence electrons. The Bertz CT molecular complexity index is 832. The molecule has 0 amide bonds. The molecule has 5 heteroatoms. The van der Waals surface area contributed by atoms with E-state index in [4.69, 9.17) is 5.73 Å². The number of nitrogens with one attached hydrogen (secondary N) is 1. The molecule has 2 aromatic carbocycles. The summed E-state index contributed by atoms with van der Waals surface area (Å²) in [5, 5.41) is 4.18. The van der Waals surface area contributed by atoms with Crippen molar-refractivity contribution in [3.8, 4) is 0 Å². The minimum atomic E-state index is -0.209. The molecular weight excluding hydrogens is 279 g/mol. The van der Waals surface area contributed by atoms with Gasteiger partial charge in [0.05, 0.1) is 5.52 Å². The van der Waals surface area contributed by atoms with Crippen LogP contribution in [0.15, 0.2) is 48.5 Å². The summed E-state index contributed by atoms with van der Waals surface area (Å²) >= 11 is 0. The summed E-state index contributed by atoms with van der Waals surface area (Å²) in [4.78, 5) is 8.82. The number of nitrogens with two attached hydrogens (primary N) is 1. The van der Waals surface area contributed by atoms with E-state index in [0.29, 0.717) is 17.7 Å². The van der Waals surface area contributed by atoms with Gasteiger partial charge in [0.2, 0.25) is 5.95 Å². The third kappa shape index (κ3) is 2.35. The van der Waals surface area contributed by atoms with Crippen LogP contribution < -0.4 is 11.1 Å². The van der Waals surface area contributed by atoms with Crippen molar-refractivity contribution in [1.82, 2.24) is 9.97 Å². The fraction of sp³-hybridized carbons (Fsp3) is 0.176. The highest BCUT2D eigenvalue weighted by molar-refractivity contribution is 5.88. The fourth-order valence-corrected chi connectivity index (χ4v) is 2.76. The SMILES string of the molecule is Nc1nc(N[C@@H]2C[C@H]2c2ccc(F)cc2)nc2ccccc12. The molecule has 4 nitrogen and oxygen atoms in total. The number of benzene rings is 2. The molecule has 1 aliphatic rings. The lowest BCUT2D eigenvalue weighted by molar-refractivity contribution is 0.627. The second-order valence-electron chi connectivity index (χ2n) is 5.59. The Kier molecular flexibility index (Phi) is 2.92. The Labute approximate surface area is 127 Å². The number of para-hydroxylation sites is 1. The van der Waals surface area contributed by atoms with E-state index in [0.717, 1.165) is 22.9 Å². The van der Waals surface area contributed by atoms with E-state index in [2.05, 4.69) is 15.3 Å². The van der Waals surface area contributed by atoms with E-state index in [9.17, 15) is 4.39 Å². The summed E-state index contributed by atoms with van der Waals surface area (Å²) < 4.78 is 13.0. The lowest BCUT2D eigenvalue weighted by Gasteiger charge is -2.07. The summed E-state index contributed by atoms with van der Waals surface area (Å²) in [6, 6.07) is 14.6. The van der Waals surface area contributed by atoms with Gasteiger partial charge in [0.25, 0.3) is 0 Å². The molecule has 2 atom stereocenters. The molecule has 1 aromatic heterocycles. The fourth-order valence-electron chi connectivity index (χ4n) is 2.76. The van der Waals surface area contributed by atoms with E-state index < -0.39 is 0 Å². The molecule has 4 rings (SSSR count). The zero-order valence-electron chi connectivity index (χ0n) is 11.8. The first-order valence-electron chi connectivity index (χ1n) is 7.25. The van der Waals surface area contributed by atoms with Gasteiger partial charge in [-0.05, 0) is 36.2 Å². The van der Waals surface area contributed by atoms with Crippen LogP contribution in [0.1, 0.15) is 17.9 Å². The molecule has 1 saturated carbocycles. The lowest BCUT2D eigenvalue weighted by atomic mass is 10.1. The molecule has 0 radical (unpaired) electrons. The standard InChI is InChI=1S/C17H15FN4/c18-11-7-5-10(6-8-11)13-9-15(13)21-17-20-14-4-2-1-3-12(14)16(19)22-17/h1-8,13,15H,9H2,(H3,19,20,21,22)/t13-,15+/m0/s1. The summed E-state index contributed by atoms with van der Waals surface area (Å²) in [6.07, 6.45) is 0.988. The van der Waals surface area contributed by atoms with Gasteiger partial charge >= 0.3 is 0 Å². The molecule has 0 spiro atoms. The number of fused-ring (bicyclic) bond motifs is 1. The maximum absolute atomic E-state index is 13.0. The Morgan fingerprint density at radius 3 is 2.64 bits per heavy atom. The van der Waals surface area contributed by atoms with Crippen LogP contribution in [0.5, 0.6) is 0 Å². The van der Waals surface area contributed by atoms with Gasteiger partial charge in [0.15, 0.2) is 0 Å². The van der Waals surface area contributed by atoms with Crippen molar-refractivity contribution < 1.29 is 4.39 Å². The maximum atomic E-state index is 13.0. The molecular formula is C17H15FN4. The lowest BCUT2D eigenvalue weighted by Crippen LogP contribution is -2.09. The number of hydrogen-bond donors (Lipinski definition) is 2. The van der Waals surface area contributed by atoms with Crippen molar-refractivity contribution in [2.45, 2.75) is 18.4 Å². The number of anilines is 2. The predicted octanol–water partition coefficient (Wildman–Crippen LogP) is 3.32. The third-order valence-electron chi connectivity index (χ3n) is 4.04. The van der Waals surface area contributed by atoms with Gasteiger partial charge in [0.1, 0.15) is 11.6 Å². The van der Waals surface area contributed by atoms with Crippen molar-refractivity contribution in [2.24, 2.45) is 0 Å². The molecule has 1 fully saturated rings. The van der Waals surface area contributed by atoms with E-state index in [1.54, 1.807) is 0 Å². The highest BCUT2D eigenvalue weighted by atomic mass is 19.1. The molecule has 0 saturated heterocycles. The second kappa shape index (κ2) is 4.94. The number of aromatic nitrogens is 2. The topological polar surface area (TPSA) is 63.8 Å². The maximum Gasteiger partial charge on any atom is 0.225 e. The number of rotatable bonds is 3. The van der Waals surface area contributed by atoms with Crippen LogP contribution >= 0.6 is 0 Å². The number of nitrogen functional groups attached to an aromatic ring is 1. The summed E-state index contributed by atoms with van der Waals surface area (Å²) in [6.45, 7) is 0. The monoisotopic (exact) mass is 294 g/mol. The predicted molar refractivity (Wildman–Crippen MR) is 85.1 cm³/mol. The minimum absolute atomic E-state index is 0.209. The van der Waals surface area contributed by atoms with Crippen LogP contribution in [0.2, 0.25) is 0 Å². The Morgan fingerprint density at radius 2 is 1.82 bits per heavy atom. The van der Waals surface area contributed by atoms with Crippen LogP contribution in [0, 0.1) is 5.82 Å². The van der Waals surface area contributed by atoms with Crippen LogP contribution in [0.3, 0.4) is 0 Å². The molecule has 22 heavy (non-hydrogen) atoms. The highest BCUT2D eigenvalue weighted by Crippen LogP contribution is 2.42. The normalized spacial score (nSPS) is 20.0. The summed E-state index contributed by atoms with van der Waals surface area (Å²) in [7, 11) is 0. The number of hydrogen-bond acceptors (Lipinski definition) is 4. The van der Waals surface area contributed by atoms with Gasteiger partial charge in [0, 0.05) is 17.3 Å². The van der Waals surface area contributed by atoms with E-state index in [1.165, 1.54) is 12.1 Å². The molecule has 3 aromatic rings. The first-order chi connectivity index (χ1) is 10.7. The van der Waals surface area contributed by atoms with Crippen LogP contribution in [-0.4, -0.2) is 16.0 Å². The van der Waals surface area contributed by atoms with Gasteiger partial charge in [-0.3, -0.25) is 0 Å². The molecule has 3 N–H and O–H groups in total. The molecule has 1 heterocycles. The minimum Gasteiger partial charge on any atom is -0.383 e. The molecule has 1 aliphatic carbocycles. The zero-order valence-corrected chi connectivity index (χ0v) is 11.8. The Balaban J connectivity index is 1.54. The zero-order chi connectivity index (χ0) is 15.1. The summed E-state index contributed by atoms with van der Waals surface area (Å²) in [5.41, 5.74) is 7.94. The molecule has 0 unspecified atom stereocenters. The van der Waals surface area contributed by atoms with Gasteiger partial charge in [-0.1, -0.05) is 24.3 Å². The van der Waals surface area contributed by atoms with Gasteiger partial charge in [-0.2, -0.15) is 4.98 Å². The molecule has 0 bridgehead atoms. The van der Waals surface area contributed by atoms with Crippen molar-refractivity contribution in [3.05, 3.63) is 59.9 Å². The first kappa shape index (κ1) is 13.0. The van der Waals surface area contributed by atoms with Gasteiger partial charge < -0.3 is 11.1 Å². The van der Waals surface area contributed by atoms with E-state index in [1.807, 2.05) is 36.4 Å². The third-order valence-corrected chi connectivity index (χ3v) is 4.04. The van der Waals surface area contributed by atoms with Crippen molar-refractivity contribution in [2.75, 3.05) is 11.1 Å². The average molecular weight is 294 g/mol. The van der Waals surface area contributed by atoms with E-state index >= 15 is 0 Å². The number of halogens is 1. The van der Waals surface area contributed by atoms with Crippen LogP contribution in [0.25, 0.3) is 10.9 Å². The van der Waals surface area contributed by atoms with Crippen molar-refractivity contribution >= 4 is 22.7 Å². The highest BCUT2D eigenvalue weighted by Gasteiger charge is 2.38. The largest absolute Gasteiger partial charge is 0.383 e. The van der Waals surface area contributed by atoms with Gasteiger partial charge in [-0.15, -0.1) is 0 Å².